The molecule has 0 aliphatic carbocycles. The fourth-order valence-electron chi connectivity index (χ4n) is 1.62. The number of halogens is 2. The molecule has 0 saturated carbocycles. The van der Waals surface area contributed by atoms with Crippen LogP contribution in [0.1, 0.15) is 30.1 Å². The van der Waals surface area contributed by atoms with Crippen molar-refractivity contribution in [3.8, 4) is 0 Å². The summed E-state index contributed by atoms with van der Waals surface area (Å²) in [5.41, 5.74) is -1.55. The number of carbonyl (C=O) groups excluding carboxylic acids is 1. The molecule has 8 heteroatoms. The molecule has 0 aliphatic heterocycles. The largest absolute Gasteiger partial charge is 0.396 e. The van der Waals surface area contributed by atoms with E-state index in [1.165, 1.54) is 0 Å². The average Bonchev–Trinajstić information content (AvgIpc) is 2.35. The van der Waals surface area contributed by atoms with Gasteiger partial charge in [0.1, 0.15) is 5.82 Å². The maximum Gasteiger partial charge on any atom is 0.305 e. The predicted octanol–water partition coefficient (Wildman–Crippen LogP) is 1.76. The second kappa shape index (κ2) is 6.90. The minimum Gasteiger partial charge on any atom is -0.396 e. The van der Waals surface area contributed by atoms with Crippen LogP contribution < -0.4 is 5.32 Å². The van der Waals surface area contributed by atoms with Crippen LogP contribution in [-0.4, -0.2) is 28.6 Å². The maximum atomic E-state index is 13.5. The number of amides is 1. The lowest BCUT2D eigenvalue weighted by Crippen LogP contribution is -2.33. The van der Waals surface area contributed by atoms with Crippen LogP contribution in [0.3, 0.4) is 0 Å². The third-order valence-electron chi connectivity index (χ3n) is 2.65. The summed E-state index contributed by atoms with van der Waals surface area (Å²) in [6, 6.07) is 0.530. The van der Waals surface area contributed by atoms with Gasteiger partial charge in [-0.15, -0.1) is 0 Å². The number of rotatable bonds is 6. The van der Waals surface area contributed by atoms with Crippen LogP contribution in [0.15, 0.2) is 12.1 Å². The maximum absolute atomic E-state index is 13.5. The lowest BCUT2D eigenvalue weighted by atomic mass is 10.1. The lowest BCUT2D eigenvalue weighted by molar-refractivity contribution is -0.387. The highest BCUT2D eigenvalue weighted by Gasteiger charge is 2.22. The molecule has 0 aromatic heterocycles. The van der Waals surface area contributed by atoms with Crippen LogP contribution in [0.25, 0.3) is 0 Å². The van der Waals surface area contributed by atoms with E-state index >= 15 is 0 Å². The molecular formula is C12H14F2N2O4. The summed E-state index contributed by atoms with van der Waals surface area (Å²) >= 11 is 0. The van der Waals surface area contributed by atoms with Gasteiger partial charge < -0.3 is 10.4 Å². The molecule has 20 heavy (non-hydrogen) atoms. The normalized spacial score (nSPS) is 12.0. The summed E-state index contributed by atoms with van der Waals surface area (Å²) in [5, 5.41) is 21.6. The topological polar surface area (TPSA) is 92.5 Å². The second-order valence-electron chi connectivity index (χ2n) is 4.28. The van der Waals surface area contributed by atoms with Crippen molar-refractivity contribution in [2.75, 3.05) is 6.61 Å². The average molecular weight is 288 g/mol. The summed E-state index contributed by atoms with van der Waals surface area (Å²) in [7, 11) is 0. The Kier molecular flexibility index (Phi) is 5.51. The Bertz CT molecular complexity index is 522. The standard InChI is InChI=1S/C12H14F2N2O4/c1-7(3-2-4-17)15-12(18)8-5-11(16(19)20)10(14)6-9(8)13/h5-7,17H,2-4H2,1H3,(H,15,18). The van der Waals surface area contributed by atoms with Gasteiger partial charge in [-0.3, -0.25) is 14.9 Å². The number of hydrogen-bond donors (Lipinski definition) is 2. The lowest BCUT2D eigenvalue weighted by Gasteiger charge is -2.13. The van der Waals surface area contributed by atoms with Crippen molar-refractivity contribution < 1.29 is 23.6 Å². The molecule has 1 amide bonds. The summed E-state index contributed by atoms with van der Waals surface area (Å²) in [6.07, 6.45) is 0.917. The first-order valence-corrected chi connectivity index (χ1v) is 5.92. The fraction of sp³-hybridized carbons (Fsp3) is 0.417. The highest BCUT2D eigenvalue weighted by Crippen LogP contribution is 2.21. The van der Waals surface area contributed by atoms with E-state index < -0.39 is 33.7 Å². The van der Waals surface area contributed by atoms with Gasteiger partial charge in [0, 0.05) is 24.8 Å². The zero-order chi connectivity index (χ0) is 15.3. The van der Waals surface area contributed by atoms with E-state index in [1.807, 2.05) is 0 Å². The highest BCUT2D eigenvalue weighted by atomic mass is 19.1. The Balaban J connectivity index is 2.92. The first kappa shape index (κ1) is 16.0. The van der Waals surface area contributed by atoms with E-state index in [4.69, 9.17) is 5.11 Å². The number of nitro groups is 1. The van der Waals surface area contributed by atoms with Gasteiger partial charge in [0.15, 0.2) is 0 Å². The number of benzene rings is 1. The highest BCUT2D eigenvalue weighted by molar-refractivity contribution is 5.95. The molecule has 2 N–H and O–H groups in total. The number of nitro benzene ring substituents is 1. The number of hydrogen-bond acceptors (Lipinski definition) is 4. The van der Waals surface area contributed by atoms with Crippen molar-refractivity contribution in [1.82, 2.24) is 5.32 Å². The van der Waals surface area contributed by atoms with Gasteiger partial charge in [0.05, 0.1) is 10.5 Å². The zero-order valence-electron chi connectivity index (χ0n) is 10.7. The van der Waals surface area contributed by atoms with Crippen molar-refractivity contribution in [3.05, 3.63) is 39.4 Å². The molecule has 0 heterocycles. The van der Waals surface area contributed by atoms with E-state index in [-0.39, 0.29) is 12.6 Å². The molecule has 1 rings (SSSR count). The molecule has 110 valence electrons. The molecule has 0 bridgehead atoms. The van der Waals surface area contributed by atoms with Crippen LogP contribution in [0.4, 0.5) is 14.5 Å². The van der Waals surface area contributed by atoms with Gasteiger partial charge in [-0.05, 0) is 19.8 Å². The third-order valence-corrected chi connectivity index (χ3v) is 2.65. The molecule has 1 unspecified atom stereocenters. The van der Waals surface area contributed by atoms with Gasteiger partial charge in [0.25, 0.3) is 5.91 Å². The Morgan fingerprint density at radius 3 is 2.65 bits per heavy atom. The zero-order valence-corrected chi connectivity index (χ0v) is 10.7. The summed E-state index contributed by atoms with van der Waals surface area (Å²) in [5.74, 6) is -3.37. The van der Waals surface area contributed by atoms with Crippen molar-refractivity contribution in [3.63, 3.8) is 0 Å². The number of carbonyl (C=O) groups is 1. The number of nitrogens with one attached hydrogen (secondary N) is 1. The van der Waals surface area contributed by atoms with Crippen molar-refractivity contribution in [2.24, 2.45) is 0 Å². The molecule has 0 saturated heterocycles. The Morgan fingerprint density at radius 1 is 1.45 bits per heavy atom. The number of nitrogens with zero attached hydrogens (tertiary/aromatic N) is 1. The summed E-state index contributed by atoms with van der Waals surface area (Å²) in [4.78, 5) is 21.3. The smallest absolute Gasteiger partial charge is 0.305 e. The first-order valence-electron chi connectivity index (χ1n) is 5.92. The Morgan fingerprint density at radius 2 is 2.10 bits per heavy atom. The van der Waals surface area contributed by atoms with Gasteiger partial charge in [-0.2, -0.15) is 4.39 Å². The molecule has 1 aromatic rings. The minimum atomic E-state index is -1.34. The van der Waals surface area contributed by atoms with Crippen molar-refractivity contribution >= 4 is 11.6 Å². The van der Waals surface area contributed by atoms with Crippen molar-refractivity contribution in [1.29, 1.82) is 0 Å². The van der Waals surface area contributed by atoms with Crippen molar-refractivity contribution in [2.45, 2.75) is 25.8 Å². The van der Waals surface area contributed by atoms with E-state index in [0.717, 1.165) is 0 Å². The minimum absolute atomic E-state index is 0.0450. The quantitative estimate of drug-likeness (QED) is 0.616. The molecular weight excluding hydrogens is 274 g/mol. The van der Waals surface area contributed by atoms with Gasteiger partial charge in [-0.1, -0.05) is 0 Å². The third kappa shape index (κ3) is 3.95. The van der Waals surface area contributed by atoms with Gasteiger partial charge in [0.2, 0.25) is 5.82 Å². The van der Waals surface area contributed by atoms with E-state index in [1.54, 1.807) is 6.92 Å². The Hall–Kier alpha value is -2.09. The monoisotopic (exact) mass is 288 g/mol. The van der Waals surface area contributed by atoms with E-state index in [2.05, 4.69) is 5.32 Å². The van der Waals surface area contributed by atoms with Crippen LogP contribution in [-0.2, 0) is 0 Å². The number of aliphatic hydroxyl groups excluding tert-OH is 1. The van der Waals surface area contributed by atoms with Crippen LogP contribution >= 0.6 is 0 Å². The molecule has 1 atom stereocenters. The molecule has 0 spiro atoms. The summed E-state index contributed by atoms with van der Waals surface area (Å²) in [6.45, 7) is 1.60. The van der Waals surface area contributed by atoms with Gasteiger partial charge in [-0.25, -0.2) is 4.39 Å². The van der Waals surface area contributed by atoms with E-state index in [9.17, 15) is 23.7 Å². The summed E-state index contributed by atoms with van der Waals surface area (Å²) < 4.78 is 26.6. The Labute approximate surface area is 113 Å². The van der Waals surface area contributed by atoms with Crippen LogP contribution in [0.5, 0.6) is 0 Å². The first-order chi connectivity index (χ1) is 9.36. The number of aliphatic hydroxyl groups is 1. The second-order valence-corrected chi connectivity index (χ2v) is 4.28. The molecule has 0 fully saturated rings. The van der Waals surface area contributed by atoms with Crippen LogP contribution in [0.2, 0.25) is 0 Å². The van der Waals surface area contributed by atoms with Gasteiger partial charge >= 0.3 is 5.69 Å². The molecule has 1 aromatic carbocycles. The molecule has 0 radical (unpaired) electrons. The van der Waals surface area contributed by atoms with Crippen LogP contribution in [0, 0.1) is 21.7 Å². The van der Waals surface area contributed by atoms with E-state index in [0.29, 0.717) is 25.0 Å². The SMILES string of the molecule is CC(CCCO)NC(=O)c1cc([N+](=O)[O-])c(F)cc1F. The molecule has 0 aliphatic rings. The fourth-order valence-corrected chi connectivity index (χ4v) is 1.62. The predicted molar refractivity (Wildman–Crippen MR) is 66.3 cm³/mol. The molecule has 6 nitrogen and oxygen atoms in total.